The Labute approximate surface area is 139 Å². The monoisotopic (exact) mass is 325 g/mol. The van der Waals surface area contributed by atoms with Gasteiger partial charge >= 0.3 is 5.69 Å². The molecule has 0 aliphatic carbocycles. The molecule has 7 heteroatoms. The minimum absolute atomic E-state index is 0.0799. The highest BCUT2D eigenvalue weighted by atomic mass is 16.2. The zero-order valence-electron chi connectivity index (χ0n) is 13.4. The van der Waals surface area contributed by atoms with Crippen molar-refractivity contribution < 1.29 is 0 Å². The van der Waals surface area contributed by atoms with Gasteiger partial charge in [-0.1, -0.05) is 18.9 Å². The summed E-state index contributed by atoms with van der Waals surface area (Å²) in [6, 6.07) is 5.67. The zero-order chi connectivity index (χ0) is 16.9. The number of hydrogen-bond acceptors (Lipinski definition) is 5. The van der Waals surface area contributed by atoms with E-state index in [0.29, 0.717) is 0 Å². The standard InChI is InChI=1S/C17H19N5O2/c18-9-14-12-22(17(24)20-16(14)23)11-13-5-6-15(19-10-13)21-7-3-1-2-4-8-21/h5-6,10,12H,1-4,7-8,11H2,(H,20,23,24). The third-order valence-corrected chi connectivity index (χ3v) is 4.22. The van der Waals surface area contributed by atoms with Gasteiger partial charge in [-0.15, -0.1) is 0 Å². The summed E-state index contributed by atoms with van der Waals surface area (Å²) >= 11 is 0. The molecule has 1 aliphatic rings. The topological polar surface area (TPSA) is 94.8 Å². The number of aromatic nitrogens is 3. The number of nitrogens with zero attached hydrogens (tertiary/aromatic N) is 4. The van der Waals surface area contributed by atoms with Crippen LogP contribution in [0.1, 0.15) is 36.8 Å². The molecule has 1 fully saturated rings. The number of pyridine rings is 1. The van der Waals surface area contributed by atoms with E-state index in [1.165, 1.54) is 36.4 Å². The summed E-state index contributed by atoms with van der Waals surface area (Å²) in [6.07, 6.45) is 7.93. The van der Waals surface area contributed by atoms with Crippen LogP contribution in [0.3, 0.4) is 0 Å². The van der Waals surface area contributed by atoms with Crippen LogP contribution in [0.25, 0.3) is 0 Å². The van der Waals surface area contributed by atoms with Crippen LogP contribution in [0.2, 0.25) is 0 Å². The maximum atomic E-state index is 11.8. The molecule has 0 spiro atoms. The van der Waals surface area contributed by atoms with Crippen molar-refractivity contribution in [3.63, 3.8) is 0 Å². The molecule has 0 aromatic carbocycles. The number of hydrogen-bond donors (Lipinski definition) is 1. The number of nitriles is 1. The van der Waals surface area contributed by atoms with E-state index in [2.05, 4.69) is 14.9 Å². The van der Waals surface area contributed by atoms with Crippen molar-refractivity contribution in [3.05, 3.63) is 56.5 Å². The Morgan fingerprint density at radius 3 is 2.54 bits per heavy atom. The van der Waals surface area contributed by atoms with Gasteiger partial charge in [0.1, 0.15) is 17.5 Å². The lowest BCUT2D eigenvalue weighted by Crippen LogP contribution is -2.31. The van der Waals surface area contributed by atoms with Crippen LogP contribution >= 0.6 is 0 Å². The number of anilines is 1. The molecule has 7 nitrogen and oxygen atoms in total. The highest BCUT2D eigenvalue weighted by molar-refractivity contribution is 5.39. The first-order valence-corrected chi connectivity index (χ1v) is 8.11. The van der Waals surface area contributed by atoms with Crippen LogP contribution in [-0.2, 0) is 6.54 Å². The molecular formula is C17H19N5O2. The molecule has 124 valence electrons. The summed E-state index contributed by atoms with van der Waals surface area (Å²) < 4.78 is 1.31. The van der Waals surface area contributed by atoms with Crippen molar-refractivity contribution in [1.29, 1.82) is 5.26 Å². The minimum Gasteiger partial charge on any atom is -0.357 e. The molecule has 2 aromatic rings. The van der Waals surface area contributed by atoms with Crippen molar-refractivity contribution in [1.82, 2.24) is 14.5 Å². The van der Waals surface area contributed by atoms with Crippen molar-refractivity contribution in [3.8, 4) is 6.07 Å². The van der Waals surface area contributed by atoms with Crippen LogP contribution in [0, 0.1) is 11.3 Å². The fraction of sp³-hybridized carbons (Fsp3) is 0.412. The minimum atomic E-state index is -0.659. The molecule has 3 heterocycles. The van der Waals surface area contributed by atoms with E-state index in [1.807, 2.05) is 12.1 Å². The summed E-state index contributed by atoms with van der Waals surface area (Å²) in [7, 11) is 0. The second-order valence-corrected chi connectivity index (χ2v) is 5.97. The van der Waals surface area contributed by atoms with E-state index >= 15 is 0 Å². The fourth-order valence-corrected chi connectivity index (χ4v) is 2.90. The fourth-order valence-electron chi connectivity index (χ4n) is 2.90. The van der Waals surface area contributed by atoms with E-state index < -0.39 is 11.2 Å². The molecular weight excluding hydrogens is 306 g/mol. The van der Waals surface area contributed by atoms with Gasteiger partial charge in [-0.2, -0.15) is 5.26 Å². The highest BCUT2D eigenvalue weighted by Crippen LogP contribution is 2.17. The quantitative estimate of drug-likeness (QED) is 0.916. The zero-order valence-corrected chi connectivity index (χ0v) is 13.4. The van der Waals surface area contributed by atoms with Gasteiger partial charge in [-0.05, 0) is 24.5 Å². The van der Waals surface area contributed by atoms with Gasteiger partial charge in [0.2, 0.25) is 0 Å². The molecule has 3 rings (SSSR count). The predicted molar refractivity (Wildman–Crippen MR) is 90.1 cm³/mol. The number of H-pyrrole nitrogens is 1. The third-order valence-electron chi connectivity index (χ3n) is 4.22. The summed E-state index contributed by atoms with van der Waals surface area (Å²) in [5, 5.41) is 8.90. The largest absolute Gasteiger partial charge is 0.357 e. The molecule has 0 unspecified atom stereocenters. The molecule has 24 heavy (non-hydrogen) atoms. The Bertz CT molecular complexity index is 852. The van der Waals surface area contributed by atoms with E-state index in [-0.39, 0.29) is 12.1 Å². The second kappa shape index (κ2) is 7.13. The first-order valence-electron chi connectivity index (χ1n) is 8.11. The molecule has 1 N–H and O–H groups in total. The smallest absolute Gasteiger partial charge is 0.328 e. The van der Waals surface area contributed by atoms with Gasteiger partial charge in [0, 0.05) is 25.5 Å². The molecule has 0 atom stereocenters. The van der Waals surface area contributed by atoms with Gasteiger partial charge < -0.3 is 4.90 Å². The lowest BCUT2D eigenvalue weighted by atomic mass is 10.2. The normalized spacial score (nSPS) is 14.9. The maximum absolute atomic E-state index is 11.8. The van der Waals surface area contributed by atoms with E-state index in [0.717, 1.165) is 24.5 Å². The predicted octanol–water partition coefficient (Wildman–Crippen LogP) is 1.23. The lowest BCUT2D eigenvalue weighted by molar-refractivity contribution is 0.713. The molecule has 2 aromatic heterocycles. The van der Waals surface area contributed by atoms with Gasteiger partial charge in [-0.3, -0.25) is 14.3 Å². The Balaban J connectivity index is 1.78. The van der Waals surface area contributed by atoms with Gasteiger partial charge in [0.05, 0.1) is 6.54 Å². The summed E-state index contributed by atoms with van der Waals surface area (Å²) in [5.41, 5.74) is -0.431. The van der Waals surface area contributed by atoms with Crippen LogP contribution in [0.5, 0.6) is 0 Å². The van der Waals surface area contributed by atoms with Crippen LogP contribution in [0.15, 0.2) is 34.1 Å². The summed E-state index contributed by atoms with van der Waals surface area (Å²) in [6.45, 7) is 2.31. The number of nitrogens with one attached hydrogen (secondary N) is 1. The van der Waals surface area contributed by atoms with Gasteiger partial charge in [0.15, 0.2) is 0 Å². The Morgan fingerprint density at radius 2 is 1.92 bits per heavy atom. The SMILES string of the molecule is N#Cc1cn(Cc2ccc(N3CCCCCC3)nc2)c(=O)[nH]c1=O. The molecule has 0 saturated carbocycles. The number of rotatable bonds is 3. The highest BCUT2D eigenvalue weighted by Gasteiger charge is 2.11. The summed E-state index contributed by atoms with van der Waals surface area (Å²) in [4.78, 5) is 32.2. The van der Waals surface area contributed by atoms with Gasteiger partial charge in [0.25, 0.3) is 5.56 Å². The van der Waals surface area contributed by atoms with Crippen LogP contribution in [-0.4, -0.2) is 27.6 Å². The summed E-state index contributed by atoms with van der Waals surface area (Å²) in [5.74, 6) is 0.951. The maximum Gasteiger partial charge on any atom is 0.328 e. The average molecular weight is 325 g/mol. The van der Waals surface area contributed by atoms with Crippen molar-refractivity contribution in [2.75, 3.05) is 18.0 Å². The van der Waals surface area contributed by atoms with Crippen LogP contribution < -0.4 is 16.1 Å². The third kappa shape index (κ3) is 3.54. The number of aromatic amines is 1. The Kier molecular flexibility index (Phi) is 4.75. The van der Waals surface area contributed by atoms with Crippen molar-refractivity contribution >= 4 is 5.82 Å². The van der Waals surface area contributed by atoms with Crippen LogP contribution in [0.4, 0.5) is 5.82 Å². The van der Waals surface area contributed by atoms with Gasteiger partial charge in [-0.25, -0.2) is 9.78 Å². The van der Waals surface area contributed by atoms with E-state index in [9.17, 15) is 9.59 Å². The first-order chi connectivity index (χ1) is 11.7. The Morgan fingerprint density at radius 1 is 1.17 bits per heavy atom. The first kappa shape index (κ1) is 16.0. The molecule has 0 radical (unpaired) electrons. The average Bonchev–Trinajstić information content (AvgIpc) is 2.87. The molecule has 0 amide bonds. The van der Waals surface area contributed by atoms with E-state index in [4.69, 9.17) is 5.26 Å². The van der Waals surface area contributed by atoms with E-state index in [1.54, 1.807) is 12.3 Å². The van der Waals surface area contributed by atoms with Crippen molar-refractivity contribution in [2.45, 2.75) is 32.2 Å². The molecule has 0 bridgehead atoms. The molecule has 1 saturated heterocycles. The lowest BCUT2D eigenvalue weighted by Gasteiger charge is -2.21. The molecule has 1 aliphatic heterocycles. The second-order valence-electron chi connectivity index (χ2n) is 5.97. The Hall–Kier alpha value is -2.88. The van der Waals surface area contributed by atoms with Crippen molar-refractivity contribution in [2.24, 2.45) is 0 Å².